The Morgan fingerprint density at radius 1 is 1.00 bits per heavy atom. The Morgan fingerprint density at radius 3 is 2.24 bits per heavy atom. The van der Waals surface area contributed by atoms with E-state index in [1.165, 1.54) is 0 Å². The molecule has 0 spiro atoms. The number of carboxylic acid groups (broad SMARTS) is 1. The molecule has 0 aliphatic heterocycles. The average Bonchev–Trinajstić information content (AvgIpc) is 2.42. The predicted molar refractivity (Wildman–Crippen MR) is 86.6 cm³/mol. The lowest BCUT2D eigenvalue weighted by Gasteiger charge is -2.23. The highest BCUT2D eigenvalue weighted by Crippen LogP contribution is 2.25. The van der Waals surface area contributed by atoms with Crippen LogP contribution in [0.5, 0.6) is 0 Å². The van der Waals surface area contributed by atoms with Crippen molar-refractivity contribution < 1.29 is 9.90 Å². The summed E-state index contributed by atoms with van der Waals surface area (Å²) in [6.07, 6.45) is 0. The summed E-state index contributed by atoms with van der Waals surface area (Å²) in [5.41, 5.74) is 1.51. The van der Waals surface area contributed by atoms with Gasteiger partial charge >= 0.3 is 5.97 Å². The maximum absolute atomic E-state index is 11.1. The Morgan fingerprint density at radius 2 is 1.62 bits per heavy atom. The molecule has 3 nitrogen and oxygen atoms in total. The zero-order valence-corrected chi connectivity index (χ0v) is 13.2. The van der Waals surface area contributed by atoms with Crippen molar-refractivity contribution in [2.45, 2.75) is 6.54 Å². The van der Waals surface area contributed by atoms with Gasteiger partial charge in [-0.2, -0.15) is 0 Å². The van der Waals surface area contributed by atoms with Crippen molar-refractivity contribution in [2.24, 2.45) is 0 Å². The molecule has 0 unspecified atom stereocenters. The summed E-state index contributed by atoms with van der Waals surface area (Å²) in [6.45, 7) is 0.192. The summed E-state index contributed by atoms with van der Waals surface area (Å²) in [4.78, 5) is 12.8. The number of benzene rings is 2. The van der Waals surface area contributed by atoms with E-state index in [0.29, 0.717) is 21.6 Å². The highest BCUT2D eigenvalue weighted by molar-refractivity contribution is 6.33. The number of carbonyl (C=O) groups is 1. The second-order valence-electron chi connectivity index (χ2n) is 4.46. The van der Waals surface area contributed by atoms with Crippen LogP contribution in [-0.2, 0) is 11.3 Å². The van der Waals surface area contributed by atoms with Gasteiger partial charge in [0.05, 0.1) is 0 Å². The molecule has 2 aromatic rings. The lowest BCUT2D eigenvalue weighted by molar-refractivity contribution is -0.135. The number of hydrogen-bond acceptors (Lipinski definition) is 2. The fraction of sp³-hybridized carbons (Fsp3) is 0.133. The second-order valence-corrected chi connectivity index (χ2v) is 5.74. The quantitative estimate of drug-likeness (QED) is 0.852. The summed E-state index contributed by atoms with van der Waals surface area (Å²) in [6, 6.07) is 12.1. The third kappa shape index (κ3) is 4.53. The number of aliphatic carboxylic acids is 1. The first-order chi connectivity index (χ1) is 9.95. The number of carboxylic acids is 1. The van der Waals surface area contributed by atoms with E-state index in [1.807, 2.05) is 0 Å². The molecule has 0 aromatic heterocycles. The fourth-order valence-corrected chi connectivity index (χ4v) is 2.42. The van der Waals surface area contributed by atoms with Gasteiger partial charge in [0.2, 0.25) is 0 Å². The standard InChI is InChI=1S/C15H12Cl3NO2/c16-11-1-4-13(5-2-11)19(9-15(20)21)8-10-7-12(17)3-6-14(10)18/h1-7H,8-9H2,(H,20,21). The molecule has 0 bridgehead atoms. The maximum Gasteiger partial charge on any atom is 0.323 e. The average molecular weight is 345 g/mol. The predicted octanol–water partition coefficient (Wildman–Crippen LogP) is 4.74. The van der Waals surface area contributed by atoms with E-state index in [0.717, 1.165) is 11.3 Å². The van der Waals surface area contributed by atoms with Gasteiger partial charge in [-0.25, -0.2) is 0 Å². The van der Waals surface area contributed by atoms with E-state index < -0.39 is 5.97 Å². The zero-order valence-electron chi connectivity index (χ0n) is 10.9. The van der Waals surface area contributed by atoms with E-state index >= 15 is 0 Å². The molecule has 0 atom stereocenters. The molecule has 110 valence electrons. The van der Waals surface area contributed by atoms with Crippen LogP contribution in [0, 0.1) is 0 Å². The van der Waals surface area contributed by atoms with E-state index in [4.69, 9.17) is 39.9 Å². The molecule has 0 saturated carbocycles. The Bertz CT molecular complexity index is 644. The highest BCUT2D eigenvalue weighted by atomic mass is 35.5. The number of hydrogen-bond donors (Lipinski definition) is 1. The van der Waals surface area contributed by atoms with Crippen molar-refractivity contribution in [3.63, 3.8) is 0 Å². The zero-order chi connectivity index (χ0) is 15.4. The molecule has 0 aliphatic carbocycles. The fourth-order valence-electron chi connectivity index (χ4n) is 1.92. The molecule has 0 aliphatic rings. The van der Waals surface area contributed by atoms with Crippen LogP contribution in [0.4, 0.5) is 5.69 Å². The monoisotopic (exact) mass is 343 g/mol. The van der Waals surface area contributed by atoms with Crippen LogP contribution < -0.4 is 4.90 Å². The third-order valence-corrected chi connectivity index (χ3v) is 3.74. The Kier molecular flexibility index (Phi) is 5.34. The van der Waals surface area contributed by atoms with E-state index in [-0.39, 0.29) is 6.54 Å². The van der Waals surface area contributed by atoms with Gasteiger partial charge in [-0.05, 0) is 48.0 Å². The van der Waals surface area contributed by atoms with Crippen LogP contribution in [0.1, 0.15) is 5.56 Å². The molecule has 21 heavy (non-hydrogen) atoms. The van der Waals surface area contributed by atoms with Crippen molar-refractivity contribution in [1.82, 2.24) is 0 Å². The molecule has 6 heteroatoms. The minimum absolute atomic E-state index is 0.148. The highest BCUT2D eigenvalue weighted by Gasteiger charge is 2.13. The van der Waals surface area contributed by atoms with Gasteiger partial charge in [0, 0.05) is 27.3 Å². The maximum atomic E-state index is 11.1. The molecule has 0 saturated heterocycles. The van der Waals surface area contributed by atoms with Crippen molar-refractivity contribution in [3.8, 4) is 0 Å². The number of anilines is 1. The Balaban J connectivity index is 2.30. The SMILES string of the molecule is O=C(O)CN(Cc1cc(Cl)ccc1Cl)c1ccc(Cl)cc1. The van der Waals surface area contributed by atoms with Crippen molar-refractivity contribution in [1.29, 1.82) is 0 Å². The normalized spacial score (nSPS) is 10.4. The van der Waals surface area contributed by atoms with Crippen LogP contribution in [0.25, 0.3) is 0 Å². The largest absolute Gasteiger partial charge is 0.480 e. The first-order valence-corrected chi connectivity index (χ1v) is 7.25. The molecule has 0 amide bonds. The topological polar surface area (TPSA) is 40.5 Å². The lowest BCUT2D eigenvalue weighted by atomic mass is 10.2. The molecule has 0 radical (unpaired) electrons. The van der Waals surface area contributed by atoms with Crippen LogP contribution in [0.2, 0.25) is 15.1 Å². The Labute approximate surface area is 137 Å². The lowest BCUT2D eigenvalue weighted by Crippen LogP contribution is -2.29. The van der Waals surface area contributed by atoms with Gasteiger partial charge in [-0.3, -0.25) is 4.79 Å². The minimum Gasteiger partial charge on any atom is -0.480 e. The molecule has 0 fully saturated rings. The van der Waals surface area contributed by atoms with Crippen molar-refractivity contribution in [2.75, 3.05) is 11.4 Å². The van der Waals surface area contributed by atoms with Gasteiger partial charge < -0.3 is 10.0 Å². The summed E-state index contributed by atoms with van der Waals surface area (Å²) >= 11 is 18.0. The number of halogens is 3. The van der Waals surface area contributed by atoms with E-state index in [1.54, 1.807) is 47.4 Å². The molecule has 2 aromatic carbocycles. The van der Waals surface area contributed by atoms with Gasteiger partial charge in [0.1, 0.15) is 6.54 Å². The van der Waals surface area contributed by atoms with Gasteiger partial charge in [-0.15, -0.1) is 0 Å². The minimum atomic E-state index is -0.928. The smallest absolute Gasteiger partial charge is 0.323 e. The molecule has 2 rings (SSSR count). The first kappa shape index (κ1) is 16.0. The Hall–Kier alpha value is -1.42. The van der Waals surface area contributed by atoms with Crippen LogP contribution in [-0.4, -0.2) is 17.6 Å². The molecule has 0 heterocycles. The number of rotatable bonds is 5. The molecular weight excluding hydrogens is 333 g/mol. The van der Waals surface area contributed by atoms with E-state index in [9.17, 15) is 4.79 Å². The summed E-state index contributed by atoms with van der Waals surface area (Å²) in [5, 5.41) is 10.8. The van der Waals surface area contributed by atoms with Crippen LogP contribution in [0.15, 0.2) is 42.5 Å². The third-order valence-electron chi connectivity index (χ3n) is 2.89. The van der Waals surface area contributed by atoms with Gasteiger partial charge in [0.15, 0.2) is 0 Å². The second kappa shape index (κ2) is 7.03. The van der Waals surface area contributed by atoms with Crippen LogP contribution >= 0.6 is 34.8 Å². The molecular formula is C15H12Cl3NO2. The summed E-state index contributed by atoms with van der Waals surface area (Å²) < 4.78 is 0. The number of nitrogens with zero attached hydrogens (tertiary/aromatic N) is 1. The summed E-state index contributed by atoms with van der Waals surface area (Å²) in [5.74, 6) is -0.928. The van der Waals surface area contributed by atoms with Crippen molar-refractivity contribution in [3.05, 3.63) is 63.1 Å². The first-order valence-electron chi connectivity index (χ1n) is 6.12. The van der Waals surface area contributed by atoms with Gasteiger partial charge in [-0.1, -0.05) is 34.8 Å². The van der Waals surface area contributed by atoms with Gasteiger partial charge in [0.25, 0.3) is 0 Å². The molecule has 1 N–H and O–H groups in total. The van der Waals surface area contributed by atoms with Crippen LogP contribution in [0.3, 0.4) is 0 Å². The van der Waals surface area contributed by atoms with Crippen molar-refractivity contribution >= 4 is 46.5 Å². The van der Waals surface area contributed by atoms with E-state index in [2.05, 4.69) is 0 Å². The summed E-state index contributed by atoms with van der Waals surface area (Å²) in [7, 11) is 0.